The summed E-state index contributed by atoms with van der Waals surface area (Å²) in [6, 6.07) is 0. The molecule has 1 unspecified atom stereocenters. The van der Waals surface area contributed by atoms with Crippen LogP contribution in [0.2, 0.25) is 0 Å². The van der Waals surface area contributed by atoms with E-state index in [1.54, 1.807) is 0 Å². The number of hydrogen-bond acceptors (Lipinski definition) is 2. The summed E-state index contributed by atoms with van der Waals surface area (Å²) in [7, 11) is 0. The second-order valence-corrected chi connectivity index (χ2v) is 8.56. The first kappa shape index (κ1) is 12.6. The van der Waals surface area contributed by atoms with Crippen LogP contribution in [0.4, 0.5) is 0 Å². The Labute approximate surface area is 117 Å². The molecular weight excluding hydrogens is 236 g/mol. The molecule has 2 nitrogen and oxygen atoms in total. The van der Waals surface area contributed by atoms with Crippen molar-refractivity contribution in [1.29, 1.82) is 0 Å². The molecule has 19 heavy (non-hydrogen) atoms. The largest absolute Gasteiger partial charge is 0.347 e. The predicted molar refractivity (Wildman–Crippen MR) is 74.6 cm³/mol. The second kappa shape index (κ2) is 3.57. The van der Waals surface area contributed by atoms with Crippen molar-refractivity contribution in [2.75, 3.05) is 13.2 Å². The summed E-state index contributed by atoms with van der Waals surface area (Å²) < 4.78 is 12.4. The molecule has 1 heterocycles. The van der Waals surface area contributed by atoms with Crippen LogP contribution in [0.1, 0.15) is 53.4 Å². The summed E-state index contributed by atoms with van der Waals surface area (Å²) in [4.78, 5) is 0. The van der Waals surface area contributed by atoms with Crippen molar-refractivity contribution in [3.8, 4) is 0 Å². The summed E-state index contributed by atoms with van der Waals surface area (Å²) in [5, 5.41) is 0. The Morgan fingerprint density at radius 2 is 1.74 bits per heavy atom. The molecule has 5 aliphatic rings. The van der Waals surface area contributed by atoms with E-state index in [9.17, 15) is 0 Å². The molecule has 5 fully saturated rings. The molecule has 1 spiro atoms. The Morgan fingerprint density at radius 3 is 2.32 bits per heavy atom. The van der Waals surface area contributed by atoms with Gasteiger partial charge in [0.25, 0.3) is 0 Å². The van der Waals surface area contributed by atoms with E-state index < -0.39 is 0 Å². The van der Waals surface area contributed by atoms with Crippen molar-refractivity contribution >= 4 is 0 Å². The molecule has 4 saturated carbocycles. The van der Waals surface area contributed by atoms with Crippen LogP contribution in [0.15, 0.2) is 0 Å². The zero-order valence-electron chi connectivity index (χ0n) is 12.9. The lowest BCUT2D eigenvalue weighted by Gasteiger charge is -2.58. The molecule has 5 atom stereocenters. The van der Waals surface area contributed by atoms with Crippen LogP contribution in [0.25, 0.3) is 0 Å². The van der Waals surface area contributed by atoms with Gasteiger partial charge in [0.1, 0.15) is 0 Å². The minimum absolute atomic E-state index is 0.233. The highest BCUT2D eigenvalue weighted by atomic mass is 16.7. The van der Waals surface area contributed by atoms with Crippen molar-refractivity contribution in [2.45, 2.75) is 59.2 Å². The summed E-state index contributed by atoms with van der Waals surface area (Å²) >= 11 is 0. The second-order valence-electron chi connectivity index (χ2n) is 8.56. The molecule has 2 heteroatoms. The molecule has 4 bridgehead atoms. The molecule has 0 aromatic rings. The Kier molecular flexibility index (Phi) is 2.37. The van der Waals surface area contributed by atoms with E-state index in [4.69, 9.17) is 9.47 Å². The Balaban J connectivity index is 1.75. The van der Waals surface area contributed by atoms with Crippen LogP contribution < -0.4 is 0 Å². The van der Waals surface area contributed by atoms with E-state index in [0.717, 1.165) is 43.3 Å². The van der Waals surface area contributed by atoms with Gasteiger partial charge in [0.2, 0.25) is 0 Å². The third-order valence-electron chi connectivity index (χ3n) is 7.26. The standard InChI is InChI=1S/C17H28O2/c1-11(2)13-7-14-15(3)8-12(13)9-16(14,4)17(10-15)18-5-6-19-17/h11-14H,5-10H2,1-4H3/t12-,13?,14+,15+,16+/m0/s1. The van der Waals surface area contributed by atoms with Gasteiger partial charge in [-0.05, 0) is 48.3 Å². The number of hydrogen-bond donors (Lipinski definition) is 0. The topological polar surface area (TPSA) is 18.5 Å². The van der Waals surface area contributed by atoms with Crippen molar-refractivity contribution in [2.24, 2.45) is 34.5 Å². The molecule has 0 N–H and O–H groups in total. The van der Waals surface area contributed by atoms with E-state index in [1.807, 2.05) is 0 Å². The van der Waals surface area contributed by atoms with Crippen LogP contribution in [0, 0.1) is 34.5 Å². The molecular formula is C17H28O2. The fourth-order valence-corrected chi connectivity index (χ4v) is 6.63. The van der Waals surface area contributed by atoms with Gasteiger partial charge in [-0.15, -0.1) is 0 Å². The minimum atomic E-state index is -0.233. The summed E-state index contributed by atoms with van der Waals surface area (Å²) in [6.07, 6.45) is 5.28. The zero-order valence-corrected chi connectivity index (χ0v) is 12.9. The third-order valence-corrected chi connectivity index (χ3v) is 7.26. The molecule has 4 aliphatic carbocycles. The molecule has 5 rings (SSSR count). The van der Waals surface area contributed by atoms with E-state index in [2.05, 4.69) is 27.7 Å². The van der Waals surface area contributed by atoms with Gasteiger partial charge in [0, 0.05) is 11.8 Å². The van der Waals surface area contributed by atoms with Crippen LogP contribution >= 0.6 is 0 Å². The zero-order chi connectivity index (χ0) is 13.5. The highest BCUT2D eigenvalue weighted by Gasteiger charge is 2.74. The van der Waals surface area contributed by atoms with Crippen molar-refractivity contribution < 1.29 is 9.47 Å². The first-order chi connectivity index (χ1) is 8.90. The van der Waals surface area contributed by atoms with Crippen LogP contribution in [-0.2, 0) is 9.47 Å². The summed E-state index contributed by atoms with van der Waals surface area (Å²) in [5.41, 5.74) is 0.736. The Morgan fingerprint density at radius 1 is 1.05 bits per heavy atom. The first-order valence-electron chi connectivity index (χ1n) is 8.18. The number of rotatable bonds is 1. The third kappa shape index (κ3) is 1.35. The Bertz CT molecular complexity index is 398. The van der Waals surface area contributed by atoms with Gasteiger partial charge in [-0.25, -0.2) is 0 Å². The summed E-state index contributed by atoms with van der Waals surface area (Å²) in [6.45, 7) is 11.4. The maximum absolute atomic E-state index is 6.21. The number of fused-ring (bicyclic) bond motifs is 1. The fraction of sp³-hybridized carbons (Fsp3) is 1.00. The molecule has 108 valence electrons. The van der Waals surface area contributed by atoms with Crippen LogP contribution in [-0.4, -0.2) is 19.0 Å². The SMILES string of the molecule is CC(C)C1C[C@@H]2[C@]3(C)C[C@H]1C[C@@]2(C)C1(C3)OCCO1. The number of ether oxygens (including phenoxy) is 2. The Hall–Kier alpha value is -0.0800. The van der Waals surface area contributed by atoms with Gasteiger partial charge in [-0.2, -0.15) is 0 Å². The fourth-order valence-electron chi connectivity index (χ4n) is 6.63. The van der Waals surface area contributed by atoms with Gasteiger partial charge in [0.05, 0.1) is 13.2 Å². The smallest absolute Gasteiger partial charge is 0.174 e. The maximum atomic E-state index is 6.21. The molecule has 1 saturated heterocycles. The van der Waals surface area contributed by atoms with E-state index >= 15 is 0 Å². The predicted octanol–water partition coefficient (Wildman–Crippen LogP) is 3.85. The van der Waals surface area contributed by atoms with Gasteiger partial charge in [-0.1, -0.05) is 27.7 Å². The van der Waals surface area contributed by atoms with Crippen LogP contribution in [0.3, 0.4) is 0 Å². The molecule has 0 amide bonds. The lowest BCUT2D eigenvalue weighted by atomic mass is 9.47. The van der Waals surface area contributed by atoms with E-state index in [1.165, 1.54) is 19.3 Å². The van der Waals surface area contributed by atoms with Gasteiger partial charge in [0.15, 0.2) is 5.79 Å². The normalized spacial score (nSPS) is 54.5. The van der Waals surface area contributed by atoms with Crippen LogP contribution in [0.5, 0.6) is 0 Å². The van der Waals surface area contributed by atoms with Gasteiger partial charge >= 0.3 is 0 Å². The quantitative estimate of drug-likeness (QED) is 0.716. The van der Waals surface area contributed by atoms with E-state index in [0.29, 0.717) is 5.41 Å². The lowest BCUT2D eigenvalue weighted by Crippen LogP contribution is -2.54. The molecule has 0 aromatic heterocycles. The van der Waals surface area contributed by atoms with E-state index in [-0.39, 0.29) is 11.2 Å². The van der Waals surface area contributed by atoms with Gasteiger partial charge in [-0.3, -0.25) is 0 Å². The monoisotopic (exact) mass is 264 g/mol. The minimum Gasteiger partial charge on any atom is -0.347 e. The molecule has 0 radical (unpaired) electrons. The highest BCUT2D eigenvalue weighted by Crippen LogP contribution is 2.75. The molecule has 1 aliphatic heterocycles. The lowest BCUT2D eigenvalue weighted by molar-refractivity contribution is -0.240. The maximum Gasteiger partial charge on any atom is 0.174 e. The first-order valence-corrected chi connectivity index (χ1v) is 8.18. The molecule has 0 aromatic carbocycles. The summed E-state index contributed by atoms with van der Waals surface area (Å²) in [5.74, 6) is 3.23. The van der Waals surface area contributed by atoms with Gasteiger partial charge < -0.3 is 9.47 Å². The van der Waals surface area contributed by atoms with Crippen molar-refractivity contribution in [3.63, 3.8) is 0 Å². The average molecular weight is 264 g/mol. The average Bonchev–Trinajstić information content (AvgIpc) is 2.81. The van der Waals surface area contributed by atoms with Crippen molar-refractivity contribution in [3.05, 3.63) is 0 Å². The van der Waals surface area contributed by atoms with Crippen molar-refractivity contribution in [1.82, 2.24) is 0 Å². The highest BCUT2D eigenvalue weighted by molar-refractivity contribution is 5.19.